The van der Waals surface area contributed by atoms with E-state index in [1.54, 1.807) is 7.11 Å². The van der Waals surface area contributed by atoms with Gasteiger partial charge in [0.25, 0.3) is 0 Å². The van der Waals surface area contributed by atoms with E-state index in [-0.39, 0.29) is 24.4 Å². The summed E-state index contributed by atoms with van der Waals surface area (Å²) < 4.78 is 5.24. The van der Waals surface area contributed by atoms with Gasteiger partial charge < -0.3 is 15.6 Å². The van der Waals surface area contributed by atoms with Gasteiger partial charge in [0, 0.05) is 18.5 Å². The molecule has 2 aliphatic rings. The summed E-state index contributed by atoms with van der Waals surface area (Å²) >= 11 is 0. The van der Waals surface area contributed by atoms with Crippen molar-refractivity contribution in [1.82, 2.24) is 4.90 Å². The minimum absolute atomic E-state index is 0.0347. The lowest BCUT2D eigenvalue weighted by atomic mass is 9.66. The van der Waals surface area contributed by atoms with Crippen LogP contribution in [0.4, 0.5) is 0 Å². The Balaban J connectivity index is 1.94. The number of rotatable bonds is 4. The first kappa shape index (κ1) is 16.3. The second-order valence-corrected chi connectivity index (χ2v) is 6.86. The number of methoxy groups -OCH3 is 1. The molecular weight excluding hydrogens is 292 g/mol. The predicted octanol–water partition coefficient (Wildman–Crippen LogP) is 1.85. The molecule has 3 N–H and O–H groups in total. The third kappa shape index (κ3) is 3.21. The number of likely N-dealkylation sites (tertiary alicyclic amines) is 1. The second kappa shape index (κ2) is 6.49. The molecule has 23 heavy (non-hydrogen) atoms. The Labute approximate surface area is 137 Å². The van der Waals surface area contributed by atoms with E-state index in [0.717, 1.165) is 43.4 Å². The molecule has 1 saturated heterocycles. The van der Waals surface area contributed by atoms with E-state index in [1.165, 1.54) is 0 Å². The van der Waals surface area contributed by atoms with Crippen molar-refractivity contribution in [2.45, 2.75) is 43.7 Å². The number of ether oxygens (including phenoxy) is 1. The zero-order chi connectivity index (χ0) is 16.4. The van der Waals surface area contributed by atoms with Crippen molar-refractivity contribution in [3.63, 3.8) is 0 Å². The number of piperidine rings is 1. The average Bonchev–Trinajstić information content (AvgIpc) is 2.54. The molecule has 5 heteroatoms. The van der Waals surface area contributed by atoms with Crippen LogP contribution in [0.15, 0.2) is 24.3 Å². The first-order valence-electron chi connectivity index (χ1n) is 8.42. The van der Waals surface area contributed by atoms with Crippen LogP contribution in [0.3, 0.4) is 0 Å². The Hall–Kier alpha value is -1.59. The largest absolute Gasteiger partial charge is 0.497 e. The Morgan fingerprint density at radius 1 is 1.35 bits per heavy atom. The summed E-state index contributed by atoms with van der Waals surface area (Å²) in [6.45, 7) is 0.940. The quantitative estimate of drug-likeness (QED) is 0.888. The monoisotopic (exact) mass is 318 g/mol. The topological polar surface area (TPSA) is 75.8 Å². The van der Waals surface area contributed by atoms with Gasteiger partial charge in [-0.05, 0) is 37.0 Å². The highest BCUT2D eigenvalue weighted by atomic mass is 16.5. The number of benzene rings is 1. The smallest absolute Gasteiger partial charge is 0.231 e. The van der Waals surface area contributed by atoms with E-state index in [1.807, 2.05) is 24.3 Å². The fraction of sp³-hybridized carbons (Fsp3) is 0.611. The summed E-state index contributed by atoms with van der Waals surface area (Å²) in [7, 11) is 1.65. The van der Waals surface area contributed by atoms with Crippen LogP contribution in [0.2, 0.25) is 0 Å². The number of primary amides is 1. The number of carbonyl (C=O) groups is 1. The van der Waals surface area contributed by atoms with E-state index >= 15 is 0 Å². The SMILES string of the molecule is COc1ccc([C@H]2[C@@H]3CCCC[C@@]3(O)CCN2CC(N)=O)cc1. The van der Waals surface area contributed by atoms with E-state index in [0.29, 0.717) is 6.54 Å². The van der Waals surface area contributed by atoms with Crippen molar-refractivity contribution >= 4 is 5.91 Å². The summed E-state index contributed by atoms with van der Waals surface area (Å²) in [6.07, 6.45) is 4.77. The summed E-state index contributed by atoms with van der Waals surface area (Å²) in [5, 5.41) is 11.1. The van der Waals surface area contributed by atoms with Crippen molar-refractivity contribution in [3.8, 4) is 5.75 Å². The maximum absolute atomic E-state index is 11.5. The third-order valence-electron chi connectivity index (χ3n) is 5.49. The molecule has 0 radical (unpaired) electrons. The molecule has 1 heterocycles. The first-order chi connectivity index (χ1) is 11.0. The van der Waals surface area contributed by atoms with Gasteiger partial charge >= 0.3 is 0 Å². The van der Waals surface area contributed by atoms with Crippen LogP contribution in [0, 0.1) is 5.92 Å². The number of hydrogen-bond donors (Lipinski definition) is 2. The van der Waals surface area contributed by atoms with Gasteiger partial charge in [-0.25, -0.2) is 0 Å². The highest BCUT2D eigenvalue weighted by molar-refractivity contribution is 5.76. The van der Waals surface area contributed by atoms with Gasteiger partial charge in [0.2, 0.25) is 5.91 Å². The number of amides is 1. The van der Waals surface area contributed by atoms with Gasteiger partial charge in [-0.2, -0.15) is 0 Å². The lowest BCUT2D eigenvalue weighted by Crippen LogP contribution is -2.56. The maximum atomic E-state index is 11.5. The van der Waals surface area contributed by atoms with E-state index in [9.17, 15) is 9.90 Å². The van der Waals surface area contributed by atoms with Crippen molar-refractivity contribution in [2.75, 3.05) is 20.2 Å². The molecule has 1 aromatic rings. The molecule has 1 amide bonds. The van der Waals surface area contributed by atoms with Gasteiger partial charge in [0.05, 0.1) is 19.3 Å². The fourth-order valence-electron chi connectivity index (χ4n) is 4.36. The Kier molecular flexibility index (Phi) is 4.60. The number of aliphatic hydroxyl groups is 1. The van der Waals surface area contributed by atoms with Crippen molar-refractivity contribution < 1.29 is 14.6 Å². The van der Waals surface area contributed by atoms with Gasteiger partial charge in [0.1, 0.15) is 5.75 Å². The molecule has 3 atom stereocenters. The molecule has 0 aromatic heterocycles. The third-order valence-corrected chi connectivity index (χ3v) is 5.49. The highest BCUT2D eigenvalue weighted by Gasteiger charge is 2.49. The summed E-state index contributed by atoms with van der Waals surface area (Å²) in [5.41, 5.74) is 5.96. The van der Waals surface area contributed by atoms with Gasteiger partial charge in [0.15, 0.2) is 0 Å². The van der Waals surface area contributed by atoms with Gasteiger partial charge in [-0.3, -0.25) is 9.69 Å². The summed E-state index contributed by atoms with van der Waals surface area (Å²) in [5.74, 6) is 0.646. The van der Waals surface area contributed by atoms with E-state index in [4.69, 9.17) is 10.5 Å². The van der Waals surface area contributed by atoms with Gasteiger partial charge in [-0.15, -0.1) is 0 Å². The first-order valence-corrected chi connectivity index (χ1v) is 8.42. The minimum atomic E-state index is -0.614. The molecule has 1 aromatic carbocycles. The minimum Gasteiger partial charge on any atom is -0.497 e. The second-order valence-electron chi connectivity index (χ2n) is 6.86. The molecule has 0 unspecified atom stereocenters. The van der Waals surface area contributed by atoms with Crippen LogP contribution in [0.1, 0.15) is 43.7 Å². The number of nitrogens with zero attached hydrogens (tertiary/aromatic N) is 1. The molecule has 3 rings (SSSR count). The number of nitrogens with two attached hydrogens (primary N) is 1. The Bertz CT molecular complexity index is 560. The maximum Gasteiger partial charge on any atom is 0.231 e. The zero-order valence-electron chi connectivity index (χ0n) is 13.7. The van der Waals surface area contributed by atoms with Crippen LogP contribution in [0.5, 0.6) is 5.75 Å². The number of fused-ring (bicyclic) bond motifs is 1. The highest BCUT2D eigenvalue weighted by Crippen LogP contribution is 2.49. The van der Waals surface area contributed by atoms with E-state index in [2.05, 4.69) is 4.90 Å². The van der Waals surface area contributed by atoms with Crippen LogP contribution >= 0.6 is 0 Å². The normalized spacial score (nSPS) is 31.4. The average molecular weight is 318 g/mol. The van der Waals surface area contributed by atoms with Crippen LogP contribution in [-0.2, 0) is 4.79 Å². The summed E-state index contributed by atoms with van der Waals surface area (Å²) in [4.78, 5) is 13.6. The van der Waals surface area contributed by atoms with Crippen LogP contribution in [0.25, 0.3) is 0 Å². The zero-order valence-corrected chi connectivity index (χ0v) is 13.7. The van der Waals surface area contributed by atoms with Crippen molar-refractivity contribution in [1.29, 1.82) is 0 Å². The van der Waals surface area contributed by atoms with Gasteiger partial charge in [-0.1, -0.05) is 25.0 Å². The lowest BCUT2D eigenvalue weighted by molar-refractivity contribution is -0.136. The van der Waals surface area contributed by atoms with Crippen LogP contribution < -0.4 is 10.5 Å². The predicted molar refractivity (Wildman–Crippen MR) is 88.0 cm³/mol. The van der Waals surface area contributed by atoms with Crippen molar-refractivity contribution in [3.05, 3.63) is 29.8 Å². The molecular formula is C18H26N2O3. The molecule has 0 bridgehead atoms. The van der Waals surface area contributed by atoms with Crippen LogP contribution in [-0.4, -0.2) is 41.7 Å². The fourth-order valence-corrected chi connectivity index (χ4v) is 4.36. The molecule has 1 aliphatic heterocycles. The Morgan fingerprint density at radius 2 is 2.09 bits per heavy atom. The Morgan fingerprint density at radius 3 is 2.74 bits per heavy atom. The van der Waals surface area contributed by atoms with Crippen molar-refractivity contribution in [2.24, 2.45) is 11.7 Å². The number of hydrogen-bond acceptors (Lipinski definition) is 4. The number of carbonyl (C=O) groups excluding carboxylic acids is 1. The standard InChI is InChI=1S/C18H26N2O3/c1-23-14-7-5-13(6-8-14)17-15-4-2-3-9-18(15,22)10-11-20(17)12-16(19)21/h5-8,15,17,22H,2-4,9-12H2,1H3,(H2,19,21)/t15-,17-,18+/m0/s1. The molecule has 1 saturated carbocycles. The van der Waals surface area contributed by atoms with E-state index < -0.39 is 5.60 Å². The molecule has 1 aliphatic carbocycles. The summed E-state index contributed by atoms with van der Waals surface area (Å²) in [6, 6.07) is 7.99. The molecule has 2 fully saturated rings. The molecule has 126 valence electrons. The molecule has 5 nitrogen and oxygen atoms in total. The molecule has 0 spiro atoms. The lowest BCUT2D eigenvalue weighted by Gasteiger charge is -2.52.